The first-order chi connectivity index (χ1) is 9.06. The van der Waals surface area contributed by atoms with E-state index in [9.17, 15) is 9.59 Å². The first-order valence-electron chi connectivity index (χ1n) is 6.31. The van der Waals surface area contributed by atoms with Crippen molar-refractivity contribution in [2.45, 2.75) is 19.8 Å². The van der Waals surface area contributed by atoms with Crippen LogP contribution in [0.5, 0.6) is 0 Å². The number of urea groups is 1. The second kappa shape index (κ2) is 5.69. The van der Waals surface area contributed by atoms with Gasteiger partial charge in [0.2, 0.25) is 0 Å². The first-order valence-corrected chi connectivity index (χ1v) is 6.31. The molecule has 2 rings (SSSR count). The second-order valence-corrected chi connectivity index (χ2v) is 4.86. The SMILES string of the molecule is CC1CCCN(C(=O)Nc2ccc(C(=O)O)nc2)C1. The number of pyridine rings is 1. The van der Waals surface area contributed by atoms with Gasteiger partial charge in [0.15, 0.2) is 0 Å². The number of rotatable bonds is 2. The number of likely N-dealkylation sites (tertiary alicyclic amines) is 1. The van der Waals surface area contributed by atoms with E-state index in [2.05, 4.69) is 17.2 Å². The van der Waals surface area contributed by atoms with Gasteiger partial charge in [-0.05, 0) is 30.9 Å². The molecule has 0 spiro atoms. The Morgan fingerprint density at radius 3 is 2.84 bits per heavy atom. The van der Waals surface area contributed by atoms with Crippen LogP contribution >= 0.6 is 0 Å². The Balaban J connectivity index is 1.96. The summed E-state index contributed by atoms with van der Waals surface area (Å²) in [5.41, 5.74) is 0.470. The largest absolute Gasteiger partial charge is 0.477 e. The highest BCUT2D eigenvalue weighted by Gasteiger charge is 2.20. The summed E-state index contributed by atoms with van der Waals surface area (Å²) >= 11 is 0. The normalized spacial score (nSPS) is 19.0. The molecular formula is C13H17N3O3. The maximum atomic E-state index is 12.0. The summed E-state index contributed by atoms with van der Waals surface area (Å²) in [4.78, 5) is 28.2. The summed E-state index contributed by atoms with van der Waals surface area (Å²) < 4.78 is 0. The highest BCUT2D eigenvalue weighted by Crippen LogP contribution is 2.16. The third kappa shape index (κ3) is 3.43. The molecule has 1 saturated heterocycles. The molecule has 1 fully saturated rings. The number of carboxylic acid groups (broad SMARTS) is 1. The maximum Gasteiger partial charge on any atom is 0.354 e. The third-order valence-corrected chi connectivity index (χ3v) is 3.18. The number of nitrogens with one attached hydrogen (secondary N) is 1. The van der Waals surface area contributed by atoms with E-state index in [1.165, 1.54) is 12.3 Å². The Kier molecular flexibility index (Phi) is 3.99. The Hall–Kier alpha value is -2.11. The van der Waals surface area contributed by atoms with Crippen LogP contribution in [0.15, 0.2) is 18.3 Å². The summed E-state index contributed by atoms with van der Waals surface area (Å²) in [5.74, 6) is -0.560. The minimum Gasteiger partial charge on any atom is -0.477 e. The van der Waals surface area contributed by atoms with Crippen molar-refractivity contribution in [2.24, 2.45) is 5.92 Å². The molecule has 0 radical (unpaired) electrons. The minimum atomic E-state index is -1.08. The molecule has 19 heavy (non-hydrogen) atoms. The molecule has 1 atom stereocenters. The average molecular weight is 263 g/mol. The molecule has 1 aliphatic heterocycles. The van der Waals surface area contributed by atoms with Gasteiger partial charge in [-0.3, -0.25) is 0 Å². The molecule has 6 nitrogen and oxygen atoms in total. The molecule has 102 valence electrons. The highest BCUT2D eigenvalue weighted by atomic mass is 16.4. The van der Waals surface area contributed by atoms with Gasteiger partial charge in [-0.25, -0.2) is 14.6 Å². The molecule has 1 aromatic heterocycles. The third-order valence-electron chi connectivity index (χ3n) is 3.18. The predicted octanol–water partition coefficient (Wildman–Crippen LogP) is 2.04. The van der Waals surface area contributed by atoms with Gasteiger partial charge < -0.3 is 15.3 Å². The molecule has 1 aromatic rings. The van der Waals surface area contributed by atoms with Gasteiger partial charge in [0.1, 0.15) is 5.69 Å². The average Bonchev–Trinajstić information content (AvgIpc) is 2.39. The number of piperidine rings is 1. The van der Waals surface area contributed by atoms with Gasteiger partial charge in [0.25, 0.3) is 0 Å². The minimum absolute atomic E-state index is 0.0374. The molecule has 2 N–H and O–H groups in total. The molecule has 2 amide bonds. The van der Waals surface area contributed by atoms with Crippen molar-refractivity contribution in [1.82, 2.24) is 9.88 Å². The lowest BCUT2D eigenvalue weighted by Crippen LogP contribution is -2.41. The van der Waals surface area contributed by atoms with E-state index in [1.807, 2.05) is 0 Å². The number of aromatic carboxylic acids is 1. The van der Waals surface area contributed by atoms with Crippen molar-refractivity contribution in [3.05, 3.63) is 24.0 Å². The number of hydrogen-bond donors (Lipinski definition) is 2. The van der Waals surface area contributed by atoms with Crippen LogP contribution < -0.4 is 5.32 Å². The second-order valence-electron chi connectivity index (χ2n) is 4.86. The van der Waals surface area contributed by atoms with Crippen LogP contribution in [0.1, 0.15) is 30.3 Å². The van der Waals surface area contributed by atoms with Crippen LogP contribution in [0.2, 0.25) is 0 Å². The summed E-state index contributed by atoms with van der Waals surface area (Å²) in [6.45, 7) is 3.64. The molecule has 0 saturated carbocycles. The Morgan fingerprint density at radius 2 is 2.26 bits per heavy atom. The van der Waals surface area contributed by atoms with Gasteiger partial charge in [0.05, 0.1) is 11.9 Å². The van der Waals surface area contributed by atoms with Crippen molar-refractivity contribution in [1.29, 1.82) is 0 Å². The van der Waals surface area contributed by atoms with E-state index in [0.29, 0.717) is 11.6 Å². The summed E-state index contributed by atoms with van der Waals surface area (Å²) in [6.07, 6.45) is 3.53. The molecule has 0 aromatic carbocycles. The van der Waals surface area contributed by atoms with Crippen molar-refractivity contribution in [3.8, 4) is 0 Å². The first kappa shape index (κ1) is 13.3. The molecule has 0 aliphatic carbocycles. The number of nitrogens with zero attached hydrogens (tertiary/aromatic N) is 2. The summed E-state index contributed by atoms with van der Waals surface area (Å²) in [6, 6.07) is 2.76. The predicted molar refractivity (Wildman–Crippen MR) is 70.2 cm³/mol. The molecule has 6 heteroatoms. The van der Waals surface area contributed by atoms with Crippen LogP contribution in [-0.4, -0.2) is 40.1 Å². The fraction of sp³-hybridized carbons (Fsp3) is 0.462. The van der Waals surface area contributed by atoms with Gasteiger partial charge >= 0.3 is 12.0 Å². The van der Waals surface area contributed by atoms with Gasteiger partial charge in [-0.1, -0.05) is 6.92 Å². The lowest BCUT2D eigenvalue weighted by Gasteiger charge is -2.30. The fourth-order valence-electron chi connectivity index (χ4n) is 2.17. The van der Waals surface area contributed by atoms with Crippen LogP contribution in [0, 0.1) is 5.92 Å². The number of carboxylic acids is 1. The van der Waals surface area contributed by atoms with E-state index >= 15 is 0 Å². The van der Waals surface area contributed by atoms with Crippen LogP contribution in [0.3, 0.4) is 0 Å². The van der Waals surface area contributed by atoms with E-state index in [1.54, 1.807) is 11.0 Å². The standard InChI is InChI=1S/C13H17N3O3/c1-9-3-2-6-16(8-9)13(19)15-10-4-5-11(12(17)18)14-7-10/h4-5,7,9H,2-3,6,8H2,1H3,(H,15,19)(H,17,18). The zero-order valence-electron chi connectivity index (χ0n) is 10.8. The van der Waals surface area contributed by atoms with Crippen molar-refractivity contribution in [2.75, 3.05) is 18.4 Å². The number of aromatic nitrogens is 1. The molecule has 0 bridgehead atoms. The van der Waals surface area contributed by atoms with Gasteiger partial charge in [-0.15, -0.1) is 0 Å². The van der Waals surface area contributed by atoms with Gasteiger partial charge in [0, 0.05) is 13.1 Å². The fourth-order valence-corrected chi connectivity index (χ4v) is 2.17. The molecule has 2 heterocycles. The van der Waals surface area contributed by atoms with Crippen LogP contribution in [-0.2, 0) is 0 Å². The summed E-state index contributed by atoms with van der Waals surface area (Å²) in [5, 5.41) is 11.5. The summed E-state index contributed by atoms with van der Waals surface area (Å²) in [7, 11) is 0. The van der Waals surface area contributed by atoms with Crippen molar-refractivity contribution >= 4 is 17.7 Å². The van der Waals surface area contributed by atoms with Crippen LogP contribution in [0.4, 0.5) is 10.5 Å². The Bertz CT molecular complexity index is 473. The maximum absolute atomic E-state index is 12.0. The van der Waals surface area contributed by atoms with Gasteiger partial charge in [-0.2, -0.15) is 0 Å². The van der Waals surface area contributed by atoms with E-state index < -0.39 is 5.97 Å². The lowest BCUT2D eigenvalue weighted by molar-refractivity contribution is 0.0690. The Morgan fingerprint density at radius 1 is 1.47 bits per heavy atom. The van der Waals surface area contributed by atoms with E-state index in [4.69, 9.17) is 5.11 Å². The number of amides is 2. The van der Waals surface area contributed by atoms with Crippen molar-refractivity contribution < 1.29 is 14.7 Å². The number of carbonyl (C=O) groups excluding carboxylic acids is 1. The topological polar surface area (TPSA) is 82.5 Å². The van der Waals surface area contributed by atoms with Crippen molar-refractivity contribution in [3.63, 3.8) is 0 Å². The molecular weight excluding hydrogens is 246 g/mol. The van der Waals surface area contributed by atoms with E-state index in [0.717, 1.165) is 25.9 Å². The molecule has 1 aliphatic rings. The number of carbonyl (C=O) groups is 2. The number of anilines is 1. The highest BCUT2D eigenvalue weighted by molar-refractivity contribution is 5.90. The monoisotopic (exact) mass is 263 g/mol. The van der Waals surface area contributed by atoms with Crippen LogP contribution in [0.25, 0.3) is 0 Å². The smallest absolute Gasteiger partial charge is 0.354 e. The molecule has 1 unspecified atom stereocenters. The quantitative estimate of drug-likeness (QED) is 0.855. The zero-order chi connectivity index (χ0) is 13.8. The lowest BCUT2D eigenvalue weighted by atomic mass is 10.0. The number of hydrogen-bond acceptors (Lipinski definition) is 3. The zero-order valence-corrected chi connectivity index (χ0v) is 10.8. The Labute approximate surface area is 111 Å². The van der Waals surface area contributed by atoms with E-state index in [-0.39, 0.29) is 11.7 Å².